The fourth-order valence-electron chi connectivity index (χ4n) is 3.97. The molecule has 1 atom stereocenters. The molecule has 3 heterocycles. The second-order valence-corrected chi connectivity index (χ2v) is 7.75. The van der Waals surface area contributed by atoms with Crippen LogP contribution in [-0.4, -0.2) is 37.0 Å². The van der Waals surface area contributed by atoms with Crippen molar-refractivity contribution in [3.8, 4) is 0 Å². The van der Waals surface area contributed by atoms with Crippen molar-refractivity contribution in [1.29, 1.82) is 0 Å². The number of benzene rings is 1. The molecule has 4 rings (SSSR count). The molecule has 2 aromatic rings. The molecule has 25 heavy (non-hydrogen) atoms. The first-order valence-corrected chi connectivity index (χ1v) is 10.1. The Morgan fingerprint density at radius 2 is 1.88 bits per heavy atom. The molecule has 0 aliphatic carbocycles. The number of nitrogens with one attached hydrogen (secondary N) is 1. The van der Waals surface area contributed by atoms with Crippen LogP contribution in [0, 0.1) is 0 Å². The van der Waals surface area contributed by atoms with E-state index in [9.17, 15) is 4.79 Å². The largest absolute Gasteiger partial charge is 0.372 e. The summed E-state index contributed by atoms with van der Waals surface area (Å²) in [7, 11) is 0. The molecule has 2 saturated heterocycles. The van der Waals surface area contributed by atoms with Crippen molar-refractivity contribution >= 4 is 28.6 Å². The summed E-state index contributed by atoms with van der Waals surface area (Å²) in [4.78, 5) is 17.2. The molecule has 0 spiro atoms. The average Bonchev–Trinajstić information content (AvgIpc) is 3.37. The van der Waals surface area contributed by atoms with Crippen molar-refractivity contribution in [2.24, 2.45) is 0 Å². The molecule has 1 aromatic heterocycles. The lowest BCUT2D eigenvalue weighted by atomic mass is 10.1. The molecular weight excluding hydrogens is 330 g/mol. The average molecular weight is 356 g/mol. The van der Waals surface area contributed by atoms with Gasteiger partial charge in [-0.15, -0.1) is 0 Å². The Bertz CT molecular complexity index is 692. The van der Waals surface area contributed by atoms with E-state index in [1.807, 2.05) is 12.1 Å². The Kier molecular flexibility index (Phi) is 5.04. The molecule has 4 nitrogen and oxygen atoms in total. The fourth-order valence-corrected chi connectivity index (χ4v) is 4.68. The maximum absolute atomic E-state index is 12.5. The minimum atomic E-state index is 0.0797. The van der Waals surface area contributed by atoms with Gasteiger partial charge in [0.2, 0.25) is 5.91 Å². The lowest BCUT2D eigenvalue weighted by Gasteiger charge is -2.23. The van der Waals surface area contributed by atoms with Gasteiger partial charge in [0.25, 0.3) is 0 Å². The summed E-state index contributed by atoms with van der Waals surface area (Å²) in [5.41, 5.74) is 3.50. The van der Waals surface area contributed by atoms with Crippen molar-refractivity contribution in [3.05, 3.63) is 46.7 Å². The van der Waals surface area contributed by atoms with Crippen molar-refractivity contribution < 1.29 is 4.79 Å². The van der Waals surface area contributed by atoms with E-state index < -0.39 is 0 Å². The van der Waals surface area contributed by atoms with Crippen molar-refractivity contribution in [2.45, 2.75) is 31.7 Å². The van der Waals surface area contributed by atoms with Crippen molar-refractivity contribution in [1.82, 2.24) is 4.90 Å². The zero-order valence-electron chi connectivity index (χ0n) is 14.5. The van der Waals surface area contributed by atoms with Crippen LogP contribution in [0.5, 0.6) is 0 Å². The maximum Gasteiger partial charge on any atom is 0.238 e. The van der Waals surface area contributed by atoms with Crippen LogP contribution in [0.2, 0.25) is 0 Å². The van der Waals surface area contributed by atoms with E-state index in [0.29, 0.717) is 12.6 Å². The molecule has 1 aromatic carbocycles. The maximum atomic E-state index is 12.5. The molecule has 0 unspecified atom stereocenters. The third kappa shape index (κ3) is 3.88. The van der Waals surface area contributed by atoms with Crippen LogP contribution < -0.4 is 10.2 Å². The van der Waals surface area contributed by atoms with E-state index in [2.05, 4.69) is 44.1 Å². The topological polar surface area (TPSA) is 35.6 Å². The van der Waals surface area contributed by atoms with Crippen molar-refractivity contribution in [3.63, 3.8) is 0 Å². The van der Waals surface area contributed by atoms with Crippen LogP contribution in [0.15, 0.2) is 41.1 Å². The minimum Gasteiger partial charge on any atom is -0.372 e. The molecule has 2 fully saturated rings. The number of likely N-dealkylation sites (tertiary alicyclic amines) is 1. The van der Waals surface area contributed by atoms with Crippen LogP contribution in [0.3, 0.4) is 0 Å². The summed E-state index contributed by atoms with van der Waals surface area (Å²) in [5, 5.41) is 7.38. The van der Waals surface area contributed by atoms with Gasteiger partial charge in [0.15, 0.2) is 0 Å². The highest BCUT2D eigenvalue weighted by Gasteiger charge is 2.27. The molecule has 0 saturated carbocycles. The SMILES string of the molecule is O=C(CN1CCC[C@H]1c1ccsc1)Nc1ccc(N2CCCC2)cc1. The quantitative estimate of drug-likeness (QED) is 0.876. The summed E-state index contributed by atoms with van der Waals surface area (Å²) in [6, 6.07) is 10.9. The zero-order chi connectivity index (χ0) is 17.1. The number of hydrogen-bond acceptors (Lipinski definition) is 4. The van der Waals surface area contributed by atoms with Crippen LogP contribution >= 0.6 is 11.3 Å². The number of nitrogens with zero attached hydrogens (tertiary/aromatic N) is 2. The van der Waals surface area contributed by atoms with Crippen molar-refractivity contribution in [2.75, 3.05) is 36.4 Å². The molecular formula is C20H25N3OS. The van der Waals surface area contributed by atoms with Gasteiger partial charge in [-0.25, -0.2) is 0 Å². The smallest absolute Gasteiger partial charge is 0.238 e. The Morgan fingerprint density at radius 1 is 1.08 bits per heavy atom. The van der Waals surface area contributed by atoms with E-state index in [4.69, 9.17) is 0 Å². The van der Waals surface area contributed by atoms with Gasteiger partial charge < -0.3 is 10.2 Å². The Morgan fingerprint density at radius 3 is 2.60 bits per heavy atom. The number of anilines is 2. The van der Waals surface area contributed by atoms with E-state index in [-0.39, 0.29) is 5.91 Å². The van der Waals surface area contributed by atoms with E-state index in [1.165, 1.54) is 30.5 Å². The normalized spacial score (nSPS) is 21.0. The standard InChI is InChI=1S/C20H25N3OS/c24-20(14-23-12-3-4-19(23)16-9-13-25-15-16)21-17-5-7-18(8-6-17)22-10-1-2-11-22/h5-9,13,15,19H,1-4,10-12,14H2,(H,21,24)/t19-/m0/s1. The van der Waals surface area contributed by atoms with Gasteiger partial charge >= 0.3 is 0 Å². The first kappa shape index (κ1) is 16.6. The summed E-state index contributed by atoms with van der Waals surface area (Å²) >= 11 is 1.73. The van der Waals surface area contributed by atoms with Gasteiger partial charge in [-0.05, 0) is 78.9 Å². The van der Waals surface area contributed by atoms with Crippen LogP contribution in [-0.2, 0) is 4.79 Å². The second kappa shape index (κ2) is 7.58. The number of amides is 1. The number of rotatable bonds is 5. The molecule has 2 aliphatic rings. The highest BCUT2D eigenvalue weighted by Crippen LogP contribution is 2.32. The van der Waals surface area contributed by atoms with Gasteiger partial charge in [-0.3, -0.25) is 9.69 Å². The molecule has 0 radical (unpaired) electrons. The Labute approximate surface area is 153 Å². The predicted octanol–water partition coefficient (Wildman–Crippen LogP) is 4.12. The van der Waals surface area contributed by atoms with Crippen LogP contribution in [0.1, 0.15) is 37.3 Å². The van der Waals surface area contributed by atoms with Gasteiger partial charge in [-0.2, -0.15) is 11.3 Å². The van der Waals surface area contributed by atoms with Gasteiger partial charge in [0.1, 0.15) is 0 Å². The fraction of sp³-hybridized carbons (Fsp3) is 0.450. The van der Waals surface area contributed by atoms with Crippen LogP contribution in [0.4, 0.5) is 11.4 Å². The predicted molar refractivity (Wildman–Crippen MR) is 104 cm³/mol. The molecule has 1 N–H and O–H groups in total. The molecule has 1 amide bonds. The highest BCUT2D eigenvalue weighted by molar-refractivity contribution is 7.07. The molecule has 0 bridgehead atoms. The lowest BCUT2D eigenvalue weighted by Crippen LogP contribution is -2.32. The van der Waals surface area contributed by atoms with E-state index in [1.54, 1.807) is 11.3 Å². The van der Waals surface area contributed by atoms with Crippen LogP contribution in [0.25, 0.3) is 0 Å². The summed E-state index contributed by atoms with van der Waals surface area (Å²) < 4.78 is 0. The number of thiophene rings is 1. The molecule has 132 valence electrons. The van der Waals surface area contributed by atoms with Gasteiger partial charge in [-0.1, -0.05) is 0 Å². The molecule has 5 heteroatoms. The number of carbonyl (C=O) groups excluding carboxylic acids is 1. The number of carbonyl (C=O) groups is 1. The summed E-state index contributed by atoms with van der Waals surface area (Å²) in [6.45, 7) is 3.76. The number of hydrogen-bond donors (Lipinski definition) is 1. The Balaban J connectivity index is 1.34. The highest BCUT2D eigenvalue weighted by atomic mass is 32.1. The van der Waals surface area contributed by atoms with E-state index in [0.717, 1.165) is 31.7 Å². The summed E-state index contributed by atoms with van der Waals surface area (Å²) in [6.07, 6.45) is 4.87. The Hall–Kier alpha value is -1.85. The first-order chi connectivity index (χ1) is 12.3. The minimum absolute atomic E-state index is 0.0797. The third-order valence-electron chi connectivity index (χ3n) is 5.26. The second-order valence-electron chi connectivity index (χ2n) is 6.97. The summed E-state index contributed by atoms with van der Waals surface area (Å²) in [5.74, 6) is 0.0797. The molecule has 2 aliphatic heterocycles. The zero-order valence-corrected chi connectivity index (χ0v) is 15.3. The third-order valence-corrected chi connectivity index (χ3v) is 5.96. The van der Waals surface area contributed by atoms with E-state index >= 15 is 0 Å². The monoisotopic (exact) mass is 355 g/mol. The van der Waals surface area contributed by atoms with Gasteiger partial charge in [0, 0.05) is 30.5 Å². The first-order valence-electron chi connectivity index (χ1n) is 9.20. The van der Waals surface area contributed by atoms with Gasteiger partial charge in [0.05, 0.1) is 6.54 Å². The lowest BCUT2D eigenvalue weighted by molar-refractivity contribution is -0.117.